The minimum absolute atomic E-state index is 1.34. The molecule has 204 valence electrons. The zero-order valence-corrected chi connectivity index (χ0v) is 25.0. The summed E-state index contributed by atoms with van der Waals surface area (Å²) in [4.78, 5) is 0. The van der Waals surface area contributed by atoms with Gasteiger partial charge in [-0.05, 0) is 83.5 Å². The molecular formula is C31H68N3+3. The van der Waals surface area contributed by atoms with Gasteiger partial charge in [0.2, 0.25) is 0 Å². The fourth-order valence-corrected chi connectivity index (χ4v) is 6.50. The zero-order chi connectivity index (χ0) is 25.2. The van der Waals surface area contributed by atoms with Gasteiger partial charge in [0.15, 0.2) is 0 Å². The summed E-state index contributed by atoms with van der Waals surface area (Å²) in [5.74, 6) is 0. The Labute approximate surface area is 217 Å². The highest BCUT2D eigenvalue weighted by Gasteiger charge is 2.24. The molecule has 3 heterocycles. The smallest absolute Gasteiger partial charge is 0.0784 e. The number of rotatable bonds is 10. The number of nitrogens with zero attached hydrogens (tertiary/aromatic N) is 3. The van der Waals surface area contributed by atoms with Crippen LogP contribution in [0.5, 0.6) is 0 Å². The number of hydrogen-bond acceptors (Lipinski definition) is 0. The fraction of sp³-hybridized carbons (Fsp3) is 1.00. The lowest BCUT2D eigenvalue weighted by molar-refractivity contribution is -0.914. The fourth-order valence-electron chi connectivity index (χ4n) is 6.50. The van der Waals surface area contributed by atoms with Crippen molar-refractivity contribution >= 4 is 0 Å². The van der Waals surface area contributed by atoms with Crippen LogP contribution in [0.1, 0.15) is 124 Å². The quantitative estimate of drug-likeness (QED) is 0.222. The zero-order valence-electron chi connectivity index (χ0n) is 25.0. The summed E-state index contributed by atoms with van der Waals surface area (Å²) in [6.45, 7) is 19.7. The summed E-state index contributed by atoms with van der Waals surface area (Å²) in [5, 5.41) is 0. The van der Waals surface area contributed by atoms with Gasteiger partial charge in [-0.1, -0.05) is 40.0 Å². The second kappa shape index (κ2) is 18.2. The van der Waals surface area contributed by atoms with Gasteiger partial charge in [0, 0.05) is 0 Å². The highest BCUT2D eigenvalue weighted by atomic mass is 15.3. The molecule has 3 heteroatoms. The van der Waals surface area contributed by atoms with Crippen molar-refractivity contribution in [3.63, 3.8) is 0 Å². The second-order valence-corrected chi connectivity index (χ2v) is 13.0. The minimum Gasteiger partial charge on any atom is -0.326 e. The SMILES string of the molecule is CCCCCC[N+]1(C)CCCCC1.CCCC[N+]1(C)CCCCC1.CCC[N+]1(C)CCCCC1. The predicted octanol–water partition coefficient (Wildman–Crippen LogP) is 7.64. The number of unbranched alkanes of at least 4 members (excludes halogenated alkanes) is 4. The summed E-state index contributed by atoms with van der Waals surface area (Å²) in [5.41, 5.74) is 0. The lowest BCUT2D eigenvalue weighted by atomic mass is 10.1. The van der Waals surface area contributed by atoms with Gasteiger partial charge >= 0.3 is 0 Å². The van der Waals surface area contributed by atoms with Crippen LogP contribution >= 0.6 is 0 Å². The molecule has 3 fully saturated rings. The van der Waals surface area contributed by atoms with Gasteiger partial charge in [-0.15, -0.1) is 0 Å². The van der Waals surface area contributed by atoms with Gasteiger partial charge in [0.25, 0.3) is 0 Å². The number of hydrogen-bond donors (Lipinski definition) is 0. The van der Waals surface area contributed by atoms with E-state index >= 15 is 0 Å². The third kappa shape index (κ3) is 14.4. The summed E-state index contributed by atoms with van der Waals surface area (Å²) in [7, 11) is 7.28. The first-order valence-corrected chi connectivity index (χ1v) is 15.8. The highest BCUT2D eigenvalue weighted by Crippen LogP contribution is 2.18. The Morgan fingerprint density at radius 3 is 1.06 bits per heavy atom. The molecular weight excluding hydrogens is 414 g/mol. The molecule has 3 nitrogen and oxygen atoms in total. The van der Waals surface area contributed by atoms with Crippen LogP contribution in [0, 0.1) is 0 Å². The van der Waals surface area contributed by atoms with E-state index in [1.807, 2.05) is 0 Å². The van der Waals surface area contributed by atoms with Crippen LogP contribution in [-0.2, 0) is 0 Å². The lowest BCUT2D eigenvalue weighted by Crippen LogP contribution is -2.48. The first-order valence-electron chi connectivity index (χ1n) is 15.8. The topological polar surface area (TPSA) is 0 Å². The first-order chi connectivity index (χ1) is 16.3. The highest BCUT2D eigenvalue weighted by molar-refractivity contribution is 4.53. The van der Waals surface area contributed by atoms with Gasteiger partial charge < -0.3 is 13.4 Å². The molecule has 0 radical (unpaired) electrons. The van der Waals surface area contributed by atoms with E-state index < -0.39 is 0 Å². The van der Waals surface area contributed by atoms with Crippen LogP contribution in [0.4, 0.5) is 0 Å². The molecule has 0 aromatic carbocycles. The van der Waals surface area contributed by atoms with Crippen molar-refractivity contribution in [2.24, 2.45) is 0 Å². The Hall–Kier alpha value is -0.120. The largest absolute Gasteiger partial charge is 0.326 e. The maximum Gasteiger partial charge on any atom is 0.0784 e. The Kier molecular flexibility index (Phi) is 17.1. The Morgan fingerprint density at radius 2 is 0.706 bits per heavy atom. The van der Waals surface area contributed by atoms with Crippen LogP contribution in [-0.4, -0.2) is 93.5 Å². The monoisotopic (exact) mass is 483 g/mol. The van der Waals surface area contributed by atoms with E-state index in [-0.39, 0.29) is 0 Å². The van der Waals surface area contributed by atoms with E-state index in [2.05, 4.69) is 41.9 Å². The van der Waals surface area contributed by atoms with Crippen molar-refractivity contribution in [2.75, 3.05) is 80.0 Å². The molecule has 0 amide bonds. The average molecular weight is 483 g/mol. The van der Waals surface area contributed by atoms with Crippen molar-refractivity contribution < 1.29 is 13.4 Å². The summed E-state index contributed by atoms with van der Waals surface area (Å²) in [6.07, 6.45) is 23.0. The first kappa shape index (κ1) is 31.9. The van der Waals surface area contributed by atoms with Crippen LogP contribution in [0.3, 0.4) is 0 Å². The summed E-state index contributed by atoms with van der Waals surface area (Å²) in [6, 6.07) is 0. The van der Waals surface area contributed by atoms with E-state index in [1.54, 1.807) is 0 Å². The maximum atomic E-state index is 2.45. The molecule has 0 N–H and O–H groups in total. The molecule has 3 rings (SSSR count). The average Bonchev–Trinajstić information content (AvgIpc) is 2.83. The van der Waals surface area contributed by atoms with E-state index in [4.69, 9.17) is 0 Å². The minimum atomic E-state index is 1.34. The normalized spacial score (nSPS) is 23.1. The van der Waals surface area contributed by atoms with Gasteiger partial charge in [-0.2, -0.15) is 0 Å². The van der Waals surface area contributed by atoms with Crippen molar-refractivity contribution in [2.45, 2.75) is 124 Å². The predicted molar refractivity (Wildman–Crippen MR) is 153 cm³/mol. The molecule has 0 unspecified atom stereocenters. The molecule has 0 saturated carbocycles. The van der Waals surface area contributed by atoms with Crippen molar-refractivity contribution in [1.82, 2.24) is 0 Å². The van der Waals surface area contributed by atoms with Gasteiger partial charge in [0.1, 0.15) is 0 Å². The third-order valence-corrected chi connectivity index (χ3v) is 9.05. The molecule has 3 aliphatic heterocycles. The Bertz CT molecular complexity index is 452. The molecule has 3 aliphatic rings. The number of likely N-dealkylation sites (tertiary alicyclic amines) is 3. The van der Waals surface area contributed by atoms with Crippen LogP contribution in [0.15, 0.2) is 0 Å². The standard InChI is InChI=1S/C12H26N.C10H22N.C9H20N/c1-3-4-5-7-10-13(2)11-8-6-9-12-13;1-3-4-8-11(2)9-6-5-7-10-11;1-3-7-10(2)8-5-4-6-9-10/h3-12H2,1-2H3;3-10H2,1-2H3;3-9H2,1-2H3/q3*+1. The molecule has 3 saturated heterocycles. The molecule has 0 aliphatic carbocycles. The van der Waals surface area contributed by atoms with Crippen molar-refractivity contribution in [3.8, 4) is 0 Å². The lowest BCUT2D eigenvalue weighted by Gasteiger charge is -2.37. The summed E-state index contributed by atoms with van der Waals surface area (Å²) >= 11 is 0. The second-order valence-electron chi connectivity index (χ2n) is 13.0. The molecule has 0 aromatic heterocycles. The third-order valence-electron chi connectivity index (χ3n) is 9.05. The number of quaternary nitrogens is 3. The van der Waals surface area contributed by atoms with Gasteiger partial charge in [-0.3, -0.25) is 0 Å². The maximum absolute atomic E-state index is 2.45. The van der Waals surface area contributed by atoms with Crippen molar-refractivity contribution in [3.05, 3.63) is 0 Å². The van der Waals surface area contributed by atoms with Crippen molar-refractivity contribution in [1.29, 1.82) is 0 Å². The van der Waals surface area contributed by atoms with E-state index in [0.717, 1.165) is 0 Å². The molecule has 0 spiro atoms. The van der Waals surface area contributed by atoms with E-state index in [1.165, 1.54) is 175 Å². The Morgan fingerprint density at radius 1 is 0.353 bits per heavy atom. The van der Waals surface area contributed by atoms with E-state index in [9.17, 15) is 0 Å². The molecule has 0 aromatic rings. The van der Waals surface area contributed by atoms with Gasteiger partial charge in [0.05, 0.1) is 80.0 Å². The molecule has 0 bridgehead atoms. The van der Waals surface area contributed by atoms with E-state index in [0.29, 0.717) is 0 Å². The Balaban J connectivity index is 0.000000257. The number of piperidine rings is 3. The van der Waals surface area contributed by atoms with Crippen LogP contribution in [0.25, 0.3) is 0 Å². The summed E-state index contributed by atoms with van der Waals surface area (Å²) < 4.78 is 4.06. The van der Waals surface area contributed by atoms with Crippen LogP contribution in [0.2, 0.25) is 0 Å². The molecule has 34 heavy (non-hydrogen) atoms. The van der Waals surface area contributed by atoms with Crippen LogP contribution < -0.4 is 0 Å². The molecule has 0 atom stereocenters. The van der Waals surface area contributed by atoms with Gasteiger partial charge in [-0.25, -0.2) is 0 Å².